The van der Waals surface area contributed by atoms with Crippen LogP contribution in [-0.4, -0.2) is 4.98 Å². The van der Waals surface area contributed by atoms with Crippen molar-refractivity contribution in [3.05, 3.63) is 65.7 Å². The Kier molecular flexibility index (Phi) is 3.49. The molecule has 0 saturated carbocycles. The fraction of sp³-hybridized carbons (Fsp3) is 0.235. The van der Waals surface area contributed by atoms with Gasteiger partial charge in [-0.1, -0.05) is 24.6 Å². The number of pyridine rings is 1. The first-order valence-electron chi connectivity index (χ1n) is 6.70. The van der Waals surface area contributed by atoms with Crippen molar-refractivity contribution in [1.29, 1.82) is 0 Å². The summed E-state index contributed by atoms with van der Waals surface area (Å²) in [5.74, 6) is 0.893. The van der Waals surface area contributed by atoms with E-state index < -0.39 is 0 Å². The smallest absolute Gasteiger partial charge is 0.134 e. The molecule has 3 aromatic rings. The van der Waals surface area contributed by atoms with Crippen molar-refractivity contribution in [3.63, 3.8) is 0 Å². The maximum Gasteiger partial charge on any atom is 0.134 e. The highest BCUT2D eigenvalue weighted by atomic mass is 35.5. The largest absolute Gasteiger partial charge is 0.459 e. The lowest BCUT2D eigenvalue weighted by Crippen LogP contribution is -2.03. The third kappa shape index (κ3) is 2.44. The van der Waals surface area contributed by atoms with E-state index in [0.717, 1.165) is 22.4 Å². The van der Waals surface area contributed by atoms with Crippen LogP contribution in [0.5, 0.6) is 0 Å². The molecule has 0 aliphatic rings. The summed E-state index contributed by atoms with van der Waals surface area (Å²) >= 11 is 6.57. The summed E-state index contributed by atoms with van der Waals surface area (Å²) in [5.41, 5.74) is 3.07. The van der Waals surface area contributed by atoms with Crippen LogP contribution in [0.2, 0.25) is 0 Å². The van der Waals surface area contributed by atoms with Crippen molar-refractivity contribution < 1.29 is 4.42 Å². The Morgan fingerprint density at radius 2 is 2.00 bits per heavy atom. The van der Waals surface area contributed by atoms with E-state index in [4.69, 9.17) is 16.0 Å². The molecule has 0 bridgehead atoms. The van der Waals surface area contributed by atoms with E-state index in [0.29, 0.717) is 0 Å². The van der Waals surface area contributed by atoms with Gasteiger partial charge in [-0.05, 0) is 37.3 Å². The first-order valence-corrected chi connectivity index (χ1v) is 7.14. The van der Waals surface area contributed by atoms with Crippen LogP contribution in [-0.2, 0) is 0 Å². The second-order valence-corrected chi connectivity index (χ2v) is 5.61. The molecule has 0 amide bonds. The molecule has 3 heteroatoms. The van der Waals surface area contributed by atoms with Crippen LogP contribution in [0, 0.1) is 6.92 Å². The molecule has 20 heavy (non-hydrogen) atoms. The zero-order valence-corrected chi connectivity index (χ0v) is 12.3. The number of aromatic nitrogens is 1. The standard InChI is InChI=1S/C17H16ClNO/c1-11-6-7-15-13(9-11)10-16(20-15)17(18)12(2)14-5-3-4-8-19-14/h3-10,12,17H,1-2H3. The highest BCUT2D eigenvalue weighted by molar-refractivity contribution is 6.21. The minimum atomic E-state index is -0.224. The molecule has 0 fully saturated rings. The van der Waals surface area contributed by atoms with Crippen molar-refractivity contribution in [3.8, 4) is 0 Å². The summed E-state index contributed by atoms with van der Waals surface area (Å²) in [6.45, 7) is 4.14. The molecule has 102 valence electrons. The highest BCUT2D eigenvalue weighted by Crippen LogP contribution is 2.37. The fourth-order valence-corrected chi connectivity index (χ4v) is 2.60. The van der Waals surface area contributed by atoms with E-state index in [2.05, 4.69) is 24.9 Å². The predicted octanol–water partition coefficient (Wildman–Crippen LogP) is 5.22. The van der Waals surface area contributed by atoms with Gasteiger partial charge in [0.1, 0.15) is 11.3 Å². The Hall–Kier alpha value is -1.80. The molecule has 0 spiro atoms. The number of hydrogen-bond acceptors (Lipinski definition) is 2. The number of hydrogen-bond donors (Lipinski definition) is 0. The lowest BCUT2D eigenvalue weighted by Gasteiger charge is -2.15. The fourth-order valence-electron chi connectivity index (χ4n) is 2.36. The van der Waals surface area contributed by atoms with E-state index in [1.807, 2.05) is 36.4 Å². The van der Waals surface area contributed by atoms with E-state index >= 15 is 0 Å². The SMILES string of the molecule is Cc1ccc2oc(C(Cl)C(C)c3ccccn3)cc2c1. The normalized spacial score (nSPS) is 14.3. The van der Waals surface area contributed by atoms with Crippen LogP contribution in [0.4, 0.5) is 0 Å². The van der Waals surface area contributed by atoms with E-state index in [-0.39, 0.29) is 11.3 Å². The van der Waals surface area contributed by atoms with Gasteiger partial charge in [-0.15, -0.1) is 11.6 Å². The number of alkyl halides is 1. The molecule has 2 unspecified atom stereocenters. The van der Waals surface area contributed by atoms with Gasteiger partial charge in [0, 0.05) is 23.2 Å². The third-order valence-electron chi connectivity index (χ3n) is 3.56. The molecular weight excluding hydrogens is 270 g/mol. The van der Waals surface area contributed by atoms with Crippen molar-refractivity contribution in [2.45, 2.75) is 25.1 Å². The van der Waals surface area contributed by atoms with Crippen LogP contribution >= 0.6 is 11.6 Å². The molecule has 2 atom stereocenters. The lowest BCUT2D eigenvalue weighted by molar-refractivity contribution is 0.513. The molecule has 3 rings (SSSR count). The minimum Gasteiger partial charge on any atom is -0.459 e. The average Bonchev–Trinajstić information content (AvgIpc) is 2.89. The molecule has 2 nitrogen and oxygen atoms in total. The van der Waals surface area contributed by atoms with E-state index in [1.165, 1.54) is 5.56 Å². The van der Waals surface area contributed by atoms with Crippen molar-refractivity contribution in [1.82, 2.24) is 4.98 Å². The molecule has 0 N–H and O–H groups in total. The quantitative estimate of drug-likeness (QED) is 0.617. The van der Waals surface area contributed by atoms with Gasteiger partial charge in [-0.25, -0.2) is 0 Å². The van der Waals surface area contributed by atoms with Gasteiger partial charge in [0.15, 0.2) is 0 Å². The summed E-state index contributed by atoms with van der Waals surface area (Å²) in [4.78, 5) is 4.37. The predicted molar refractivity (Wildman–Crippen MR) is 82.2 cm³/mol. The molecule has 2 heterocycles. The average molecular weight is 286 g/mol. The first-order chi connectivity index (χ1) is 9.65. The first kappa shape index (κ1) is 13.2. The van der Waals surface area contributed by atoms with Crippen molar-refractivity contribution in [2.24, 2.45) is 0 Å². The molecule has 0 radical (unpaired) electrons. The Labute approximate surface area is 123 Å². The minimum absolute atomic E-state index is 0.0968. The number of halogens is 1. The molecular formula is C17H16ClNO. The second-order valence-electron chi connectivity index (χ2n) is 5.14. The van der Waals surface area contributed by atoms with Crippen LogP contribution in [0.25, 0.3) is 11.0 Å². The third-order valence-corrected chi connectivity index (χ3v) is 4.15. The van der Waals surface area contributed by atoms with E-state index in [9.17, 15) is 0 Å². The van der Waals surface area contributed by atoms with Gasteiger partial charge >= 0.3 is 0 Å². The monoisotopic (exact) mass is 285 g/mol. The van der Waals surface area contributed by atoms with Crippen molar-refractivity contribution >= 4 is 22.6 Å². The summed E-state index contributed by atoms with van der Waals surface area (Å²) in [6.07, 6.45) is 1.79. The zero-order valence-electron chi connectivity index (χ0n) is 11.5. The Balaban J connectivity index is 1.94. The highest BCUT2D eigenvalue weighted by Gasteiger charge is 2.22. The van der Waals surface area contributed by atoms with Gasteiger partial charge < -0.3 is 4.42 Å². The van der Waals surface area contributed by atoms with E-state index in [1.54, 1.807) is 6.20 Å². The number of rotatable bonds is 3. The topological polar surface area (TPSA) is 26.0 Å². The zero-order chi connectivity index (χ0) is 14.1. The maximum atomic E-state index is 6.57. The number of nitrogens with zero attached hydrogens (tertiary/aromatic N) is 1. The number of benzene rings is 1. The Morgan fingerprint density at radius 3 is 2.75 bits per heavy atom. The van der Waals surface area contributed by atoms with Crippen LogP contribution in [0.3, 0.4) is 0 Å². The molecule has 2 aromatic heterocycles. The summed E-state index contributed by atoms with van der Waals surface area (Å²) < 4.78 is 5.87. The van der Waals surface area contributed by atoms with Gasteiger partial charge in [-0.3, -0.25) is 4.98 Å². The molecule has 0 aliphatic carbocycles. The summed E-state index contributed by atoms with van der Waals surface area (Å²) in [7, 11) is 0. The molecule has 0 saturated heterocycles. The number of fused-ring (bicyclic) bond motifs is 1. The summed E-state index contributed by atoms with van der Waals surface area (Å²) in [5, 5.41) is 0.872. The van der Waals surface area contributed by atoms with Gasteiger partial charge in [0.25, 0.3) is 0 Å². The van der Waals surface area contributed by atoms with Gasteiger partial charge in [0.05, 0.1) is 5.38 Å². The van der Waals surface area contributed by atoms with Crippen LogP contribution < -0.4 is 0 Å². The summed E-state index contributed by atoms with van der Waals surface area (Å²) in [6, 6.07) is 14.0. The molecule has 1 aromatic carbocycles. The molecule has 0 aliphatic heterocycles. The second kappa shape index (κ2) is 5.29. The number of furan rings is 1. The van der Waals surface area contributed by atoms with Crippen LogP contribution in [0.1, 0.15) is 35.2 Å². The van der Waals surface area contributed by atoms with Gasteiger partial charge in [0.2, 0.25) is 0 Å². The Bertz CT molecular complexity index is 720. The number of aryl methyl sites for hydroxylation is 1. The maximum absolute atomic E-state index is 6.57. The van der Waals surface area contributed by atoms with Crippen LogP contribution in [0.15, 0.2) is 53.1 Å². The Morgan fingerprint density at radius 1 is 1.15 bits per heavy atom. The lowest BCUT2D eigenvalue weighted by atomic mass is 10.0. The van der Waals surface area contributed by atoms with Gasteiger partial charge in [-0.2, -0.15) is 0 Å². The van der Waals surface area contributed by atoms with Crippen molar-refractivity contribution in [2.75, 3.05) is 0 Å².